The quantitative estimate of drug-likeness (QED) is 0.694. The SMILES string of the molecule is CN(CCC1CCC1)C(=O)CCO. The van der Waals surface area contributed by atoms with Crippen molar-refractivity contribution < 1.29 is 9.90 Å². The van der Waals surface area contributed by atoms with E-state index in [1.807, 2.05) is 7.05 Å². The molecule has 1 fully saturated rings. The van der Waals surface area contributed by atoms with Crippen LogP contribution in [-0.2, 0) is 4.79 Å². The Hall–Kier alpha value is -0.570. The molecule has 0 aromatic heterocycles. The molecule has 1 aliphatic rings. The Morgan fingerprint density at radius 2 is 2.23 bits per heavy atom. The molecule has 0 aromatic carbocycles. The molecule has 13 heavy (non-hydrogen) atoms. The third-order valence-electron chi connectivity index (χ3n) is 2.85. The fourth-order valence-corrected chi connectivity index (χ4v) is 1.57. The van der Waals surface area contributed by atoms with Crippen LogP contribution >= 0.6 is 0 Å². The summed E-state index contributed by atoms with van der Waals surface area (Å²) in [6.07, 6.45) is 5.43. The van der Waals surface area contributed by atoms with Gasteiger partial charge in [-0.3, -0.25) is 4.79 Å². The van der Waals surface area contributed by atoms with Gasteiger partial charge in [0.25, 0.3) is 0 Å². The molecule has 0 saturated heterocycles. The minimum atomic E-state index is -0.0351. The third kappa shape index (κ3) is 3.35. The second-order valence-electron chi connectivity index (χ2n) is 3.87. The highest BCUT2D eigenvalue weighted by molar-refractivity contribution is 5.75. The lowest BCUT2D eigenvalue weighted by atomic mass is 9.83. The number of aliphatic hydroxyl groups is 1. The van der Waals surface area contributed by atoms with Gasteiger partial charge in [-0.05, 0) is 12.3 Å². The second kappa shape index (κ2) is 5.22. The standard InChI is InChI=1S/C10H19NO2/c1-11(10(13)6-8-12)7-5-9-3-2-4-9/h9,12H,2-8H2,1H3. The van der Waals surface area contributed by atoms with Crippen LogP contribution in [0.4, 0.5) is 0 Å². The zero-order chi connectivity index (χ0) is 9.68. The highest BCUT2D eigenvalue weighted by atomic mass is 16.3. The number of carbonyl (C=O) groups excluding carboxylic acids is 1. The summed E-state index contributed by atoms with van der Waals surface area (Å²) in [5.74, 6) is 0.909. The Labute approximate surface area is 79.7 Å². The van der Waals surface area contributed by atoms with E-state index in [2.05, 4.69) is 0 Å². The molecule has 0 atom stereocenters. The number of nitrogens with zero attached hydrogens (tertiary/aromatic N) is 1. The zero-order valence-corrected chi connectivity index (χ0v) is 8.33. The highest BCUT2D eigenvalue weighted by Gasteiger charge is 2.18. The van der Waals surface area contributed by atoms with E-state index in [9.17, 15) is 4.79 Å². The lowest BCUT2D eigenvalue weighted by Gasteiger charge is -2.27. The van der Waals surface area contributed by atoms with Crippen molar-refractivity contribution in [3.8, 4) is 0 Å². The molecule has 0 spiro atoms. The lowest BCUT2D eigenvalue weighted by molar-refractivity contribution is -0.130. The summed E-state index contributed by atoms with van der Waals surface area (Å²) in [7, 11) is 1.82. The van der Waals surface area contributed by atoms with Gasteiger partial charge < -0.3 is 10.0 Å². The maximum Gasteiger partial charge on any atom is 0.224 e. The summed E-state index contributed by atoms with van der Waals surface area (Å²) < 4.78 is 0. The average molecular weight is 185 g/mol. The average Bonchev–Trinajstić information content (AvgIpc) is 2.01. The molecule has 3 nitrogen and oxygen atoms in total. The minimum absolute atomic E-state index is 0.0351. The second-order valence-corrected chi connectivity index (χ2v) is 3.87. The van der Waals surface area contributed by atoms with Crippen LogP contribution in [0.25, 0.3) is 0 Å². The van der Waals surface area contributed by atoms with Crippen molar-refractivity contribution in [2.45, 2.75) is 32.1 Å². The molecule has 3 heteroatoms. The van der Waals surface area contributed by atoms with E-state index in [4.69, 9.17) is 5.11 Å². The van der Waals surface area contributed by atoms with E-state index in [0.29, 0.717) is 0 Å². The van der Waals surface area contributed by atoms with Crippen LogP contribution in [0.1, 0.15) is 32.1 Å². The number of amides is 1. The fourth-order valence-electron chi connectivity index (χ4n) is 1.57. The van der Waals surface area contributed by atoms with Gasteiger partial charge in [-0.25, -0.2) is 0 Å². The Balaban J connectivity index is 2.08. The number of rotatable bonds is 5. The first-order valence-corrected chi connectivity index (χ1v) is 5.09. The van der Waals surface area contributed by atoms with Gasteiger partial charge in [0, 0.05) is 20.0 Å². The van der Waals surface area contributed by atoms with E-state index in [1.54, 1.807) is 4.90 Å². The van der Waals surface area contributed by atoms with Crippen molar-refractivity contribution >= 4 is 5.91 Å². The molecule has 0 aromatic rings. The summed E-state index contributed by atoms with van der Waals surface area (Å²) in [4.78, 5) is 13.0. The van der Waals surface area contributed by atoms with E-state index in [0.717, 1.165) is 18.9 Å². The predicted octanol–water partition coefficient (Wildman–Crippen LogP) is 1.02. The molecular weight excluding hydrogens is 166 g/mol. The van der Waals surface area contributed by atoms with Crippen molar-refractivity contribution in [3.63, 3.8) is 0 Å². The van der Waals surface area contributed by atoms with E-state index < -0.39 is 0 Å². The lowest BCUT2D eigenvalue weighted by Crippen LogP contribution is -2.30. The van der Waals surface area contributed by atoms with E-state index in [1.165, 1.54) is 19.3 Å². The molecule has 76 valence electrons. The molecule has 1 saturated carbocycles. The third-order valence-corrected chi connectivity index (χ3v) is 2.85. The van der Waals surface area contributed by atoms with Gasteiger partial charge in [-0.15, -0.1) is 0 Å². The number of aliphatic hydroxyl groups excluding tert-OH is 1. The topological polar surface area (TPSA) is 40.5 Å². The van der Waals surface area contributed by atoms with Crippen molar-refractivity contribution in [2.75, 3.05) is 20.2 Å². The van der Waals surface area contributed by atoms with Crippen LogP contribution in [0.2, 0.25) is 0 Å². The maximum absolute atomic E-state index is 11.2. The smallest absolute Gasteiger partial charge is 0.224 e. The molecule has 1 N–H and O–H groups in total. The molecule has 1 amide bonds. The van der Waals surface area contributed by atoms with Crippen LogP contribution in [0.15, 0.2) is 0 Å². The van der Waals surface area contributed by atoms with Crippen molar-refractivity contribution in [1.29, 1.82) is 0 Å². The first kappa shape index (κ1) is 10.5. The van der Waals surface area contributed by atoms with Crippen molar-refractivity contribution in [3.05, 3.63) is 0 Å². The molecule has 0 heterocycles. The zero-order valence-electron chi connectivity index (χ0n) is 8.33. The minimum Gasteiger partial charge on any atom is -0.396 e. The van der Waals surface area contributed by atoms with Crippen LogP contribution < -0.4 is 0 Å². The summed E-state index contributed by atoms with van der Waals surface area (Å²) in [6, 6.07) is 0. The Morgan fingerprint density at radius 1 is 1.54 bits per heavy atom. The van der Waals surface area contributed by atoms with Crippen LogP contribution in [0, 0.1) is 5.92 Å². The van der Waals surface area contributed by atoms with Gasteiger partial charge in [-0.2, -0.15) is 0 Å². The molecule has 0 bridgehead atoms. The summed E-state index contributed by atoms with van der Waals surface area (Å²) in [6.45, 7) is 0.816. The highest BCUT2D eigenvalue weighted by Crippen LogP contribution is 2.29. The molecule has 0 radical (unpaired) electrons. The summed E-state index contributed by atoms with van der Waals surface area (Å²) >= 11 is 0. The Kier molecular flexibility index (Phi) is 4.22. The van der Waals surface area contributed by atoms with E-state index >= 15 is 0 Å². The van der Waals surface area contributed by atoms with Crippen LogP contribution in [0.5, 0.6) is 0 Å². The maximum atomic E-state index is 11.2. The molecule has 0 aliphatic heterocycles. The van der Waals surface area contributed by atoms with Crippen molar-refractivity contribution in [1.82, 2.24) is 4.90 Å². The van der Waals surface area contributed by atoms with E-state index in [-0.39, 0.29) is 18.9 Å². The Bertz CT molecular complexity index is 166. The monoisotopic (exact) mass is 185 g/mol. The molecule has 1 aliphatic carbocycles. The van der Waals surface area contributed by atoms with Crippen LogP contribution in [0.3, 0.4) is 0 Å². The first-order valence-electron chi connectivity index (χ1n) is 5.09. The Morgan fingerprint density at radius 3 is 2.69 bits per heavy atom. The summed E-state index contributed by atoms with van der Waals surface area (Å²) in [5.41, 5.74) is 0. The first-order chi connectivity index (χ1) is 6.24. The van der Waals surface area contributed by atoms with Gasteiger partial charge >= 0.3 is 0 Å². The predicted molar refractivity (Wildman–Crippen MR) is 51.3 cm³/mol. The molecular formula is C10H19NO2. The van der Waals surface area contributed by atoms with Gasteiger partial charge in [0.1, 0.15) is 0 Å². The molecule has 0 unspecified atom stereocenters. The van der Waals surface area contributed by atoms with Gasteiger partial charge in [-0.1, -0.05) is 19.3 Å². The normalized spacial score (nSPS) is 16.8. The fraction of sp³-hybridized carbons (Fsp3) is 0.900. The number of hydrogen-bond donors (Lipinski definition) is 1. The number of hydrogen-bond acceptors (Lipinski definition) is 2. The molecule has 1 rings (SSSR count). The van der Waals surface area contributed by atoms with Gasteiger partial charge in [0.2, 0.25) is 5.91 Å². The van der Waals surface area contributed by atoms with Crippen molar-refractivity contribution in [2.24, 2.45) is 5.92 Å². The number of carbonyl (C=O) groups is 1. The van der Waals surface area contributed by atoms with Crippen LogP contribution in [-0.4, -0.2) is 36.1 Å². The summed E-state index contributed by atoms with van der Waals surface area (Å²) in [5, 5.41) is 8.57. The van der Waals surface area contributed by atoms with Gasteiger partial charge in [0.05, 0.1) is 6.61 Å². The largest absolute Gasteiger partial charge is 0.396 e. The van der Waals surface area contributed by atoms with Gasteiger partial charge in [0.15, 0.2) is 0 Å².